The smallest absolute Gasteiger partial charge is 0.254 e. The third-order valence-corrected chi connectivity index (χ3v) is 14.0. The first-order valence-electron chi connectivity index (χ1n) is 24.9. The SMILES string of the molecule is CNC(=O)c1cnc(Nc2ccc(C(=O)NCCCCCCCCCC(=O)N[C@H](C(=O)N3C[C@H](O)C[C@@]3(Cc3ccc(-c4scnc4C)cc3)C(N)=O)C(C)(C)C)cn2)cc1Nc1cccc(C(=O)NC)c1OC. The Labute approximate surface area is 436 Å². The molecule has 0 spiro atoms. The lowest BCUT2D eigenvalue weighted by Crippen LogP contribution is -2.63. The molecule has 0 unspecified atom stereocenters. The van der Waals surface area contributed by atoms with Gasteiger partial charge >= 0.3 is 0 Å². The standard InChI is InChI=1S/C54H69N11O8S/c1-33-46(74-32-61-33)35-21-19-34(20-22-35)27-54(52(55)72)28-37(66)31-65(54)51(71)47(53(2,3)4)64-44(67)18-13-11-9-8-10-12-14-25-58-48(68)36-23-24-42(59-29-36)63-43-26-41(39(30-60-43)50(70)57-6)62-40-17-15-16-38(45(40)73-7)49(69)56-5/h15-17,19-24,26,29-30,32,37,47,66H,8-14,18,25,27-28,31H2,1-7H3,(H2,55,72)(H,56,69)(H,57,70)(H,58,68)(H,64,67)(H2,59,60,62,63)/t37-,47-,54+/m1/s1. The molecule has 3 aromatic heterocycles. The first kappa shape index (κ1) is 55.9. The molecule has 4 heterocycles. The number of nitrogens with zero attached hydrogens (tertiary/aromatic N) is 4. The molecule has 1 aliphatic rings. The van der Waals surface area contributed by atoms with Gasteiger partial charge in [0.1, 0.15) is 23.2 Å². The van der Waals surface area contributed by atoms with Gasteiger partial charge in [-0.1, -0.05) is 83.2 Å². The summed E-state index contributed by atoms with van der Waals surface area (Å²) < 4.78 is 5.55. The van der Waals surface area contributed by atoms with Crippen LogP contribution in [0.3, 0.4) is 0 Å². The molecule has 5 aromatic rings. The number of β-amino-alcohol motifs (C(OH)–C–C–N with tert-alkyl or cyclic N) is 1. The number of rotatable bonds is 24. The van der Waals surface area contributed by atoms with Crippen molar-refractivity contribution in [3.05, 3.63) is 107 Å². The van der Waals surface area contributed by atoms with Crippen LogP contribution in [0.1, 0.15) is 121 Å². The first-order valence-corrected chi connectivity index (χ1v) is 25.7. The number of hydrogen-bond acceptors (Lipinski definition) is 14. The predicted molar refractivity (Wildman–Crippen MR) is 286 cm³/mol. The summed E-state index contributed by atoms with van der Waals surface area (Å²) in [5.41, 5.74) is 10.2. The zero-order valence-corrected chi connectivity index (χ0v) is 44.0. The summed E-state index contributed by atoms with van der Waals surface area (Å²) in [5, 5.41) is 28.3. The number of amides is 6. The van der Waals surface area contributed by atoms with Gasteiger partial charge in [0.05, 0.1) is 57.4 Å². The highest BCUT2D eigenvalue weighted by atomic mass is 32.1. The number of aliphatic hydroxyl groups is 1. The van der Waals surface area contributed by atoms with Crippen molar-refractivity contribution in [1.82, 2.24) is 41.1 Å². The highest BCUT2D eigenvalue weighted by Gasteiger charge is 2.54. The molecule has 2 aromatic carbocycles. The number of carbonyl (C=O) groups excluding carboxylic acids is 6. The molecule has 1 fully saturated rings. The number of thiazole rings is 1. The number of carbonyl (C=O) groups is 6. The van der Waals surface area contributed by atoms with Crippen LogP contribution in [0.25, 0.3) is 10.4 Å². The average molecular weight is 1030 g/mol. The fraction of sp³-hybridized carbons (Fsp3) is 0.426. The van der Waals surface area contributed by atoms with E-state index in [1.165, 1.54) is 38.5 Å². The van der Waals surface area contributed by atoms with Gasteiger partial charge in [-0.25, -0.2) is 15.0 Å². The predicted octanol–water partition coefficient (Wildman–Crippen LogP) is 6.57. The maximum Gasteiger partial charge on any atom is 0.254 e. The highest BCUT2D eigenvalue weighted by molar-refractivity contribution is 7.13. The summed E-state index contributed by atoms with van der Waals surface area (Å²) >= 11 is 1.54. The van der Waals surface area contributed by atoms with Crippen LogP contribution in [0.2, 0.25) is 0 Å². The fourth-order valence-corrected chi connectivity index (χ4v) is 9.87. The van der Waals surface area contributed by atoms with Crippen LogP contribution >= 0.6 is 11.3 Å². The third kappa shape index (κ3) is 14.0. The number of anilines is 4. The summed E-state index contributed by atoms with van der Waals surface area (Å²) in [6, 6.07) is 16.8. The lowest BCUT2D eigenvalue weighted by Gasteiger charge is -2.40. The molecule has 0 saturated carbocycles. The normalized spacial score (nSPS) is 15.7. The number of aromatic nitrogens is 3. The highest BCUT2D eigenvalue weighted by Crippen LogP contribution is 2.37. The zero-order chi connectivity index (χ0) is 53.6. The number of methoxy groups -OCH3 is 1. The number of unbranched alkanes of at least 4 members (excludes halogenated alkanes) is 6. The third-order valence-electron chi connectivity index (χ3n) is 13.1. The largest absolute Gasteiger partial charge is 0.494 e. The van der Waals surface area contributed by atoms with Gasteiger partial charge in [-0.05, 0) is 60.6 Å². The number of ether oxygens (including phenoxy) is 1. The van der Waals surface area contributed by atoms with Crippen LogP contribution in [-0.4, -0.2) is 112 Å². The maximum absolute atomic E-state index is 14.4. The Morgan fingerprint density at radius 2 is 1.50 bits per heavy atom. The Morgan fingerprint density at radius 3 is 2.12 bits per heavy atom. The quantitative estimate of drug-likeness (QED) is 0.0305. The molecule has 3 atom stereocenters. The Bertz CT molecular complexity index is 2780. The van der Waals surface area contributed by atoms with Gasteiger partial charge in [0.25, 0.3) is 17.7 Å². The molecular weight excluding hydrogens is 963 g/mol. The van der Waals surface area contributed by atoms with Crippen molar-refractivity contribution in [2.45, 2.75) is 110 Å². The van der Waals surface area contributed by atoms with Gasteiger partial charge in [0.15, 0.2) is 5.75 Å². The molecule has 0 aliphatic carbocycles. The molecule has 1 aliphatic heterocycles. The lowest BCUT2D eigenvalue weighted by atomic mass is 9.82. The van der Waals surface area contributed by atoms with E-state index in [4.69, 9.17) is 10.5 Å². The number of nitrogens with two attached hydrogens (primary N) is 1. The van der Waals surface area contributed by atoms with E-state index < -0.39 is 34.9 Å². The molecule has 1 saturated heterocycles. The zero-order valence-electron chi connectivity index (χ0n) is 43.2. The molecule has 9 N–H and O–H groups in total. The number of hydrogen-bond donors (Lipinski definition) is 8. The lowest BCUT2D eigenvalue weighted by molar-refractivity contribution is -0.148. The van der Waals surface area contributed by atoms with Crippen LogP contribution in [0.5, 0.6) is 5.75 Å². The summed E-state index contributed by atoms with van der Waals surface area (Å²) in [6.45, 7) is 7.95. The van der Waals surface area contributed by atoms with E-state index in [9.17, 15) is 33.9 Å². The number of aliphatic hydroxyl groups excluding tert-OH is 1. The number of para-hydroxylation sites is 1. The van der Waals surface area contributed by atoms with E-state index in [0.29, 0.717) is 52.9 Å². The number of primary amides is 1. The van der Waals surface area contributed by atoms with Crippen molar-refractivity contribution in [2.24, 2.45) is 11.1 Å². The maximum atomic E-state index is 14.4. The van der Waals surface area contributed by atoms with E-state index in [0.717, 1.165) is 60.2 Å². The monoisotopic (exact) mass is 1030 g/mol. The number of aryl methyl sites for hydroxylation is 1. The van der Waals surface area contributed by atoms with E-state index in [2.05, 4.69) is 46.9 Å². The van der Waals surface area contributed by atoms with Crippen molar-refractivity contribution in [3.63, 3.8) is 0 Å². The van der Waals surface area contributed by atoms with E-state index in [1.54, 1.807) is 53.2 Å². The molecule has 394 valence electrons. The summed E-state index contributed by atoms with van der Waals surface area (Å²) in [4.78, 5) is 94.7. The van der Waals surface area contributed by atoms with Crippen molar-refractivity contribution in [3.8, 4) is 16.2 Å². The van der Waals surface area contributed by atoms with Crippen LogP contribution in [0.15, 0.2) is 78.6 Å². The average Bonchev–Trinajstić information content (AvgIpc) is 3.97. The Balaban J connectivity index is 0.909. The van der Waals surface area contributed by atoms with Gasteiger partial charge in [-0.15, -0.1) is 11.3 Å². The molecule has 20 heteroatoms. The van der Waals surface area contributed by atoms with Gasteiger partial charge in [0.2, 0.25) is 17.7 Å². The van der Waals surface area contributed by atoms with Gasteiger partial charge < -0.3 is 52.4 Å². The Kier molecular flexibility index (Phi) is 19.2. The minimum absolute atomic E-state index is 0.00532. The minimum atomic E-state index is -1.47. The minimum Gasteiger partial charge on any atom is -0.494 e. The molecule has 6 rings (SSSR count). The number of likely N-dealkylation sites (tertiary alicyclic amines) is 1. The second-order valence-corrected chi connectivity index (χ2v) is 20.4. The summed E-state index contributed by atoms with van der Waals surface area (Å²) in [6.07, 6.45) is 8.33. The second-order valence-electron chi connectivity index (χ2n) is 19.5. The van der Waals surface area contributed by atoms with Gasteiger partial charge in [0, 0.05) is 64.9 Å². The topological polar surface area (TPSA) is 272 Å². The van der Waals surface area contributed by atoms with Crippen LogP contribution in [0.4, 0.5) is 23.0 Å². The number of nitrogens with one attached hydrogen (secondary N) is 6. The molecule has 0 bridgehead atoms. The summed E-state index contributed by atoms with van der Waals surface area (Å²) in [5.74, 6) is -1.30. The molecule has 19 nitrogen and oxygen atoms in total. The van der Waals surface area contributed by atoms with E-state index in [1.807, 2.05) is 52.0 Å². The van der Waals surface area contributed by atoms with Crippen molar-refractivity contribution in [1.29, 1.82) is 0 Å². The molecule has 74 heavy (non-hydrogen) atoms. The fourth-order valence-electron chi connectivity index (χ4n) is 9.06. The van der Waals surface area contributed by atoms with Crippen molar-refractivity contribution >= 4 is 69.8 Å². The van der Waals surface area contributed by atoms with Crippen LogP contribution < -0.4 is 42.4 Å². The molecular formula is C54H69N11O8S. The van der Waals surface area contributed by atoms with Crippen LogP contribution in [-0.2, 0) is 20.8 Å². The summed E-state index contributed by atoms with van der Waals surface area (Å²) in [7, 11) is 4.49. The van der Waals surface area contributed by atoms with Crippen molar-refractivity contribution < 1.29 is 38.6 Å². The number of pyridine rings is 2. The van der Waals surface area contributed by atoms with E-state index in [-0.39, 0.29) is 55.0 Å². The van der Waals surface area contributed by atoms with Crippen molar-refractivity contribution in [2.75, 3.05) is 44.9 Å². The Hall–Kier alpha value is -7.45. The second kappa shape index (κ2) is 25.5. The van der Waals surface area contributed by atoms with Gasteiger partial charge in [-0.3, -0.25) is 28.8 Å². The first-order chi connectivity index (χ1) is 35.4. The van der Waals surface area contributed by atoms with Crippen LogP contribution in [0, 0.1) is 12.3 Å². The van der Waals surface area contributed by atoms with E-state index >= 15 is 0 Å². The van der Waals surface area contributed by atoms with Gasteiger partial charge in [-0.2, -0.15) is 0 Å². The number of benzene rings is 2. The molecule has 6 amide bonds. The Morgan fingerprint density at radius 1 is 0.824 bits per heavy atom. The molecule has 0 radical (unpaired) electrons.